The minimum absolute atomic E-state index is 0.290. The van der Waals surface area contributed by atoms with Gasteiger partial charge < -0.3 is 0 Å². The molecule has 94 valence electrons. The van der Waals surface area contributed by atoms with Gasteiger partial charge in [-0.1, -0.05) is 11.6 Å². The molecular formula is C13H18ClNOS. The fraction of sp³-hybridized carbons (Fsp3) is 0.615. The summed E-state index contributed by atoms with van der Waals surface area (Å²) in [5.41, 5.74) is -0.340. The number of hydrogen-bond donors (Lipinski definition) is 0. The van der Waals surface area contributed by atoms with Crippen LogP contribution in [0.2, 0.25) is 4.34 Å². The molecule has 0 amide bonds. The van der Waals surface area contributed by atoms with Gasteiger partial charge in [-0.15, -0.1) is 11.3 Å². The van der Waals surface area contributed by atoms with Crippen molar-refractivity contribution in [3.63, 3.8) is 0 Å². The Morgan fingerprint density at radius 3 is 2.59 bits per heavy atom. The van der Waals surface area contributed by atoms with E-state index in [-0.39, 0.29) is 11.3 Å². The summed E-state index contributed by atoms with van der Waals surface area (Å²) >= 11 is 7.38. The van der Waals surface area contributed by atoms with Crippen molar-refractivity contribution in [3.05, 3.63) is 21.3 Å². The second-order valence-corrected chi connectivity index (χ2v) is 6.86. The molecule has 1 aliphatic rings. The fourth-order valence-corrected chi connectivity index (χ4v) is 3.36. The van der Waals surface area contributed by atoms with E-state index < -0.39 is 0 Å². The summed E-state index contributed by atoms with van der Waals surface area (Å²) in [6.45, 7) is 6.17. The van der Waals surface area contributed by atoms with Crippen LogP contribution in [0.5, 0.6) is 0 Å². The standard InChI is InChI=1S/C13H18ClNOS/c1-13(2,15-7-3-4-8-15)11(16)9-10-5-6-12(14)17-10/h5-6H,3-4,7-9H2,1-2H3. The van der Waals surface area contributed by atoms with E-state index in [0.717, 1.165) is 22.3 Å². The van der Waals surface area contributed by atoms with Crippen molar-refractivity contribution in [2.45, 2.75) is 38.6 Å². The minimum atomic E-state index is -0.340. The van der Waals surface area contributed by atoms with Gasteiger partial charge in [0.2, 0.25) is 0 Å². The number of hydrogen-bond acceptors (Lipinski definition) is 3. The van der Waals surface area contributed by atoms with Crippen molar-refractivity contribution >= 4 is 28.7 Å². The zero-order valence-corrected chi connectivity index (χ0v) is 11.9. The number of halogens is 1. The van der Waals surface area contributed by atoms with E-state index in [1.807, 2.05) is 26.0 Å². The Bertz CT molecular complexity index is 407. The first-order chi connectivity index (χ1) is 8.00. The maximum absolute atomic E-state index is 12.4. The van der Waals surface area contributed by atoms with E-state index in [1.54, 1.807) is 0 Å². The number of carbonyl (C=O) groups is 1. The molecule has 1 aromatic rings. The molecule has 0 aromatic carbocycles. The topological polar surface area (TPSA) is 20.3 Å². The molecule has 0 atom stereocenters. The highest BCUT2D eigenvalue weighted by Crippen LogP contribution is 2.26. The van der Waals surface area contributed by atoms with Crippen molar-refractivity contribution < 1.29 is 4.79 Å². The molecule has 0 unspecified atom stereocenters. The Morgan fingerprint density at radius 1 is 1.41 bits per heavy atom. The van der Waals surface area contributed by atoms with E-state index in [1.165, 1.54) is 24.2 Å². The molecule has 2 nitrogen and oxygen atoms in total. The molecule has 2 rings (SSSR count). The van der Waals surface area contributed by atoms with Gasteiger partial charge in [0.25, 0.3) is 0 Å². The maximum atomic E-state index is 12.4. The fourth-order valence-electron chi connectivity index (χ4n) is 2.27. The summed E-state index contributed by atoms with van der Waals surface area (Å²) in [5.74, 6) is 0.290. The number of ketones is 1. The lowest BCUT2D eigenvalue weighted by Crippen LogP contribution is -2.49. The predicted molar refractivity (Wildman–Crippen MR) is 72.9 cm³/mol. The molecular weight excluding hydrogens is 254 g/mol. The molecule has 1 saturated heterocycles. The second kappa shape index (κ2) is 5.09. The first-order valence-electron chi connectivity index (χ1n) is 6.03. The number of rotatable bonds is 4. The van der Waals surface area contributed by atoms with Gasteiger partial charge in [0.05, 0.1) is 9.88 Å². The Kier molecular flexibility index (Phi) is 3.91. The number of thiophene rings is 1. The Balaban J connectivity index is 2.03. The highest BCUT2D eigenvalue weighted by Gasteiger charge is 2.35. The van der Waals surface area contributed by atoms with Crippen LogP contribution in [0.1, 0.15) is 31.6 Å². The van der Waals surface area contributed by atoms with Crippen LogP contribution in [0.3, 0.4) is 0 Å². The van der Waals surface area contributed by atoms with Crippen LogP contribution < -0.4 is 0 Å². The van der Waals surface area contributed by atoms with Crippen LogP contribution in [-0.4, -0.2) is 29.3 Å². The molecule has 1 aliphatic heterocycles. The Morgan fingerprint density at radius 2 is 2.06 bits per heavy atom. The maximum Gasteiger partial charge on any atom is 0.157 e. The zero-order chi connectivity index (χ0) is 12.5. The molecule has 0 bridgehead atoms. The van der Waals surface area contributed by atoms with Gasteiger partial charge in [-0.25, -0.2) is 0 Å². The molecule has 17 heavy (non-hydrogen) atoms. The van der Waals surface area contributed by atoms with E-state index in [0.29, 0.717) is 6.42 Å². The Labute approximate surface area is 112 Å². The van der Waals surface area contributed by atoms with Gasteiger partial charge in [-0.3, -0.25) is 9.69 Å². The molecule has 1 aromatic heterocycles. The molecule has 0 spiro atoms. The van der Waals surface area contributed by atoms with Gasteiger partial charge >= 0.3 is 0 Å². The largest absolute Gasteiger partial charge is 0.297 e. The minimum Gasteiger partial charge on any atom is -0.297 e. The molecule has 0 N–H and O–H groups in total. The van der Waals surface area contributed by atoms with E-state index in [2.05, 4.69) is 4.90 Å². The third-order valence-corrected chi connectivity index (χ3v) is 4.77. The van der Waals surface area contributed by atoms with Crippen molar-refractivity contribution in [3.8, 4) is 0 Å². The van der Waals surface area contributed by atoms with Gasteiger partial charge in [-0.05, 0) is 51.9 Å². The molecule has 4 heteroatoms. The summed E-state index contributed by atoms with van der Waals surface area (Å²) in [6, 6.07) is 3.81. The molecule has 2 heterocycles. The highest BCUT2D eigenvalue weighted by atomic mass is 35.5. The molecule has 0 saturated carbocycles. The smallest absolute Gasteiger partial charge is 0.157 e. The van der Waals surface area contributed by atoms with Crippen LogP contribution in [0.25, 0.3) is 0 Å². The number of Topliss-reactive ketones (excluding diaryl/α,β-unsaturated/α-hetero) is 1. The second-order valence-electron chi connectivity index (χ2n) is 5.06. The van der Waals surface area contributed by atoms with E-state index in [9.17, 15) is 4.79 Å². The average molecular weight is 272 g/mol. The van der Waals surface area contributed by atoms with Crippen LogP contribution in [0.15, 0.2) is 12.1 Å². The van der Waals surface area contributed by atoms with Crippen molar-refractivity contribution in [2.24, 2.45) is 0 Å². The van der Waals surface area contributed by atoms with Crippen LogP contribution in [-0.2, 0) is 11.2 Å². The monoisotopic (exact) mass is 271 g/mol. The summed E-state index contributed by atoms with van der Waals surface area (Å²) in [4.78, 5) is 15.7. The lowest BCUT2D eigenvalue weighted by molar-refractivity contribution is -0.128. The summed E-state index contributed by atoms with van der Waals surface area (Å²) in [6.07, 6.45) is 2.92. The van der Waals surface area contributed by atoms with Gasteiger partial charge in [-0.2, -0.15) is 0 Å². The zero-order valence-electron chi connectivity index (χ0n) is 10.3. The highest BCUT2D eigenvalue weighted by molar-refractivity contribution is 7.16. The van der Waals surface area contributed by atoms with Crippen molar-refractivity contribution in [2.75, 3.05) is 13.1 Å². The number of likely N-dealkylation sites (tertiary alicyclic amines) is 1. The third kappa shape index (κ3) is 2.90. The van der Waals surface area contributed by atoms with Crippen LogP contribution in [0.4, 0.5) is 0 Å². The number of nitrogens with zero attached hydrogens (tertiary/aromatic N) is 1. The summed E-state index contributed by atoms with van der Waals surface area (Å²) in [7, 11) is 0. The van der Waals surface area contributed by atoms with Crippen LogP contribution in [0, 0.1) is 0 Å². The summed E-state index contributed by atoms with van der Waals surface area (Å²) < 4.78 is 0.756. The van der Waals surface area contributed by atoms with Gasteiger partial charge in [0, 0.05) is 11.3 Å². The van der Waals surface area contributed by atoms with Gasteiger partial charge in [0.1, 0.15) is 0 Å². The van der Waals surface area contributed by atoms with Crippen molar-refractivity contribution in [1.29, 1.82) is 0 Å². The van der Waals surface area contributed by atoms with Crippen LogP contribution >= 0.6 is 22.9 Å². The van der Waals surface area contributed by atoms with E-state index >= 15 is 0 Å². The lowest BCUT2D eigenvalue weighted by Gasteiger charge is -2.33. The SMILES string of the molecule is CC(C)(C(=O)Cc1ccc(Cl)s1)N1CCCC1. The molecule has 0 radical (unpaired) electrons. The molecule has 1 fully saturated rings. The normalized spacial score (nSPS) is 17.6. The van der Waals surface area contributed by atoms with Gasteiger partial charge in [0.15, 0.2) is 5.78 Å². The first-order valence-corrected chi connectivity index (χ1v) is 7.22. The number of carbonyl (C=O) groups excluding carboxylic acids is 1. The Hall–Kier alpha value is -0.380. The summed E-state index contributed by atoms with van der Waals surface area (Å²) in [5, 5.41) is 0. The molecule has 0 aliphatic carbocycles. The lowest BCUT2D eigenvalue weighted by atomic mass is 9.94. The third-order valence-electron chi connectivity index (χ3n) is 3.54. The average Bonchev–Trinajstić information content (AvgIpc) is 2.89. The quantitative estimate of drug-likeness (QED) is 0.837. The van der Waals surface area contributed by atoms with E-state index in [4.69, 9.17) is 11.6 Å². The first kappa shape index (κ1) is 13.1. The predicted octanol–water partition coefficient (Wildman–Crippen LogP) is 3.39. The van der Waals surface area contributed by atoms with Crippen molar-refractivity contribution in [1.82, 2.24) is 4.90 Å².